The van der Waals surface area contributed by atoms with Gasteiger partial charge in [0.05, 0.1) is 11.7 Å². The van der Waals surface area contributed by atoms with E-state index in [1.54, 1.807) is 20.8 Å². The van der Waals surface area contributed by atoms with Crippen LogP contribution in [0.15, 0.2) is 10.9 Å². The third kappa shape index (κ3) is 3.40. The van der Waals surface area contributed by atoms with Gasteiger partial charge in [-0.25, -0.2) is 9.89 Å². The molecule has 1 amide bonds. The molecule has 1 aliphatic rings. The lowest BCUT2D eigenvalue weighted by Crippen LogP contribution is -2.48. The molecule has 1 aromatic heterocycles. The minimum absolute atomic E-state index is 0.0102. The maximum absolute atomic E-state index is 12.7. The number of hydrogen-bond acceptors (Lipinski definition) is 4. The molecule has 2 heterocycles. The number of carbonyl (C=O) groups is 1. The van der Waals surface area contributed by atoms with Crippen LogP contribution in [0.25, 0.3) is 0 Å². The first-order chi connectivity index (χ1) is 9.99. The number of alkyl halides is 3. The molecule has 22 heavy (non-hydrogen) atoms. The summed E-state index contributed by atoms with van der Waals surface area (Å²) >= 11 is 0. The van der Waals surface area contributed by atoms with E-state index in [2.05, 4.69) is 5.10 Å². The molecule has 1 fully saturated rings. The van der Waals surface area contributed by atoms with Gasteiger partial charge < -0.3 is 4.74 Å². The first kappa shape index (κ1) is 16.3. The van der Waals surface area contributed by atoms with Crippen molar-refractivity contribution in [1.29, 1.82) is 0 Å². The Balaban J connectivity index is 2.23. The molecule has 1 unspecified atom stereocenters. The minimum Gasteiger partial charge on any atom is -0.444 e. The van der Waals surface area contributed by atoms with Gasteiger partial charge in [0, 0.05) is 6.54 Å². The lowest BCUT2D eigenvalue weighted by Gasteiger charge is -2.40. The zero-order valence-electron chi connectivity index (χ0n) is 12.3. The molecule has 9 heteroatoms. The standard InChI is InChI=1S/C13H16F3N3O3/c1-12(2,3)22-11(21)19-5-4-9(19)8-6-7(13(14,15)16)10(20)18-17-8/h6,9H,4-5H2,1-3H3,(H,18,20). The highest BCUT2D eigenvalue weighted by atomic mass is 19.4. The normalized spacial score (nSPS) is 18.8. The van der Waals surface area contributed by atoms with E-state index >= 15 is 0 Å². The molecule has 2 rings (SSSR count). The quantitative estimate of drug-likeness (QED) is 0.863. The first-order valence-corrected chi connectivity index (χ1v) is 6.65. The molecule has 0 radical (unpaired) electrons. The molecule has 122 valence electrons. The molecule has 6 nitrogen and oxygen atoms in total. The van der Waals surface area contributed by atoms with Gasteiger partial charge in [-0.2, -0.15) is 18.3 Å². The Hall–Kier alpha value is -2.06. The second-order valence-electron chi connectivity index (χ2n) is 6.01. The molecule has 1 saturated heterocycles. The van der Waals surface area contributed by atoms with E-state index in [0.29, 0.717) is 19.0 Å². The summed E-state index contributed by atoms with van der Waals surface area (Å²) < 4.78 is 43.4. The Morgan fingerprint density at radius 3 is 2.50 bits per heavy atom. The van der Waals surface area contributed by atoms with Crippen LogP contribution in [0.3, 0.4) is 0 Å². The molecular weight excluding hydrogens is 303 g/mol. The number of likely N-dealkylation sites (tertiary alicyclic amines) is 1. The van der Waals surface area contributed by atoms with Crippen LogP contribution >= 0.6 is 0 Å². The number of halogens is 3. The number of aromatic nitrogens is 2. The van der Waals surface area contributed by atoms with E-state index in [9.17, 15) is 22.8 Å². The lowest BCUT2D eigenvalue weighted by atomic mass is 9.99. The number of rotatable bonds is 1. The molecule has 1 aromatic rings. The summed E-state index contributed by atoms with van der Waals surface area (Å²) in [6.07, 6.45) is -4.94. The maximum Gasteiger partial charge on any atom is 0.421 e. The monoisotopic (exact) mass is 319 g/mol. The summed E-state index contributed by atoms with van der Waals surface area (Å²) in [5, 5.41) is 5.44. The Bertz CT molecular complexity index is 634. The largest absolute Gasteiger partial charge is 0.444 e. The van der Waals surface area contributed by atoms with Crippen LogP contribution in [0.4, 0.5) is 18.0 Å². The van der Waals surface area contributed by atoms with E-state index in [4.69, 9.17) is 4.74 Å². The number of amides is 1. The van der Waals surface area contributed by atoms with E-state index < -0.39 is 35.0 Å². The number of nitrogens with one attached hydrogen (secondary N) is 1. The fraction of sp³-hybridized carbons (Fsp3) is 0.615. The first-order valence-electron chi connectivity index (χ1n) is 6.65. The fourth-order valence-corrected chi connectivity index (χ4v) is 2.04. The molecule has 0 bridgehead atoms. The van der Waals surface area contributed by atoms with Gasteiger partial charge in [0.25, 0.3) is 5.56 Å². The molecule has 1 aliphatic heterocycles. The van der Waals surface area contributed by atoms with Crippen molar-refractivity contribution in [3.05, 3.63) is 27.7 Å². The maximum atomic E-state index is 12.7. The third-order valence-corrected chi connectivity index (χ3v) is 3.12. The van der Waals surface area contributed by atoms with Crippen LogP contribution in [0.5, 0.6) is 0 Å². The average Bonchev–Trinajstić information content (AvgIpc) is 2.25. The zero-order chi connectivity index (χ0) is 16.7. The van der Waals surface area contributed by atoms with E-state index in [-0.39, 0.29) is 5.69 Å². The van der Waals surface area contributed by atoms with Crippen molar-refractivity contribution in [3.8, 4) is 0 Å². The Morgan fingerprint density at radius 1 is 1.41 bits per heavy atom. The number of aromatic amines is 1. The summed E-state index contributed by atoms with van der Waals surface area (Å²) in [4.78, 5) is 24.4. The second-order valence-corrected chi connectivity index (χ2v) is 6.01. The van der Waals surface area contributed by atoms with E-state index in [1.165, 1.54) is 4.90 Å². The highest BCUT2D eigenvalue weighted by Gasteiger charge is 2.40. The highest BCUT2D eigenvalue weighted by molar-refractivity contribution is 5.69. The van der Waals surface area contributed by atoms with Crippen LogP contribution in [0, 0.1) is 0 Å². The summed E-state index contributed by atoms with van der Waals surface area (Å²) in [5.74, 6) is 0. The topological polar surface area (TPSA) is 75.3 Å². The summed E-state index contributed by atoms with van der Waals surface area (Å²) in [6, 6.07) is 0.0489. The van der Waals surface area contributed by atoms with Crippen molar-refractivity contribution in [2.45, 2.75) is 45.0 Å². The number of nitrogens with zero attached hydrogens (tertiary/aromatic N) is 2. The van der Waals surface area contributed by atoms with Crippen molar-refractivity contribution in [1.82, 2.24) is 15.1 Å². The van der Waals surface area contributed by atoms with E-state index in [1.807, 2.05) is 5.10 Å². The second kappa shape index (κ2) is 5.29. The van der Waals surface area contributed by atoms with Crippen molar-refractivity contribution >= 4 is 6.09 Å². The van der Waals surface area contributed by atoms with Gasteiger partial charge in [-0.05, 0) is 33.3 Å². The van der Waals surface area contributed by atoms with Crippen molar-refractivity contribution in [2.75, 3.05) is 6.54 Å². The molecule has 0 aromatic carbocycles. The molecular formula is C13H16F3N3O3. The van der Waals surface area contributed by atoms with Crippen molar-refractivity contribution < 1.29 is 22.7 Å². The third-order valence-electron chi connectivity index (χ3n) is 3.12. The van der Waals surface area contributed by atoms with Crippen LogP contribution in [-0.4, -0.2) is 33.3 Å². The lowest BCUT2D eigenvalue weighted by molar-refractivity contribution is -0.138. The number of carbonyl (C=O) groups excluding carboxylic acids is 1. The smallest absolute Gasteiger partial charge is 0.421 e. The summed E-state index contributed by atoms with van der Waals surface area (Å²) in [7, 11) is 0. The Kier molecular flexibility index (Phi) is 3.92. The van der Waals surface area contributed by atoms with Gasteiger partial charge in [-0.3, -0.25) is 9.69 Å². The Morgan fingerprint density at radius 2 is 2.05 bits per heavy atom. The predicted octanol–water partition coefficient (Wildman–Crippen LogP) is 2.47. The molecule has 0 saturated carbocycles. The summed E-state index contributed by atoms with van der Waals surface area (Å²) in [5.41, 5.74) is -3.34. The zero-order valence-corrected chi connectivity index (χ0v) is 12.3. The van der Waals surface area contributed by atoms with Gasteiger partial charge in [-0.1, -0.05) is 0 Å². The van der Waals surface area contributed by atoms with Gasteiger partial charge in [0.2, 0.25) is 0 Å². The fourth-order valence-electron chi connectivity index (χ4n) is 2.04. The number of ether oxygens (including phenoxy) is 1. The predicted molar refractivity (Wildman–Crippen MR) is 70.2 cm³/mol. The van der Waals surface area contributed by atoms with Crippen molar-refractivity contribution in [2.24, 2.45) is 0 Å². The molecule has 0 aliphatic carbocycles. The Labute approximate surface area is 124 Å². The van der Waals surface area contributed by atoms with E-state index in [0.717, 1.165) is 0 Å². The highest BCUT2D eigenvalue weighted by Crippen LogP contribution is 2.35. The van der Waals surface area contributed by atoms with Crippen LogP contribution in [0.2, 0.25) is 0 Å². The van der Waals surface area contributed by atoms with Gasteiger partial charge in [-0.15, -0.1) is 0 Å². The molecule has 1 atom stereocenters. The van der Waals surface area contributed by atoms with Gasteiger partial charge in [0.15, 0.2) is 0 Å². The average molecular weight is 319 g/mol. The SMILES string of the molecule is CC(C)(C)OC(=O)N1CCC1c1cc(C(F)(F)F)c(=O)[nH]n1. The van der Waals surface area contributed by atoms with Crippen LogP contribution < -0.4 is 5.56 Å². The minimum atomic E-state index is -4.77. The number of H-pyrrole nitrogens is 1. The van der Waals surface area contributed by atoms with Crippen molar-refractivity contribution in [3.63, 3.8) is 0 Å². The van der Waals surface area contributed by atoms with Crippen LogP contribution in [-0.2, 0) is 10.9 Å². The van der Waals surface area contributed by atoms with Crippen LogP contribution in [0.1, 0.15) is 44.5 Å². The molecule has 1 N–H and O–H groups in total. The molecule has 0 spiro atoms. The van der Waals surface area contributed by atoms with Gasteiger partial charge in [0.1, 0.15) is 11.2 Å². The van der Waals surface area contributed by atoms with Gasteiger partial charge >= 0.3 is 12.3 Å². The summed E-state index contributed by atoms with van der Waals surface area (Å²) in [6.45, 7) is 5.45. The number of hydrogen-bond donors (Lipinski definition) is 1.